The number of fused-ring (bicyclic) bond motifs is 5. The van der Waals surface area contributed by atoms with E-state index < -0.39 is 80.5 Å². The second-order valence-electron chi connectivity index (χ2n) is 17.3. The standard InChI is InChI=1S/C40H52FN5O10S/c1-23-8-6-7-9-25-20-40(25,36(49)45-57(51,52)39(22-41)13-14-39)44-33(47)29-19-26(21-46(29)35(48)31(24(2)18-23)43-37(50)56-38(3,4)5)55-34-28-10-11-30-32(54-17-16-53-30)27(28)12-15-42-34/h7,9-12,15,23-26,29,31H,6,8,13-14,16-22H2,1-5H3,(H,43,50)(H,44,47)(H,45,49)/b9-7-/t23-,24+,25?,26+,29-,31-,40+/m0/s1. The lowest BCUT2D eigenvalue weighted by Crippen LogP contribution is -2.59. The number of alkyl halides is 1. The van der Waals surface area contributed by atoms with Crippen molar-refractivity contribution in [2.24, 2.45) is 17.8 Å². The third-order valence-electron chi connectivity index (χ3n) is 11.6. The third-order valence-corrected chi connectivity index (χ3v) is 13.7. The van der Waals surface area contributed by atoms with Crippen molar-refractivity contribution in [3.63, 3.8) is 0 Å². The van der Waals surface area contributed by atoms with E-state index in [0.29, 0.717) is 48.3 Å². The fourth-order valence-electron chi connectivity index (χ4n) is 8.18. The number of amides is 4. The van der Waals surface area contributed by atoms with Crippen LogP contribution in [0.3, 0.4) is 0 Å². The zero-order valence-corrected chi connectivity index (χ0v) is 33.8. The maximum atomic E-state index is 14.8. The molecule has 1 unspecified atom stereocenters. The van der Waals surface area contributed by atoms with E-state index in [4.69, 9.17) is 18.9 Å². The van der Waals surface area contributed by atoms with Gasteiger partial charge in [0.1, 0.15) is 54.0 Å². The third kappa shape index (κ3) is 8.21. The van der Waals surface area contributed by atoms with Crippen molar-refractivity contribution in [1.82, 2.24) is 25.2 Å². The van der Waals surface area contributed by atoms with E-state index in [-0.39, 0.29) is 49.9 Å². The highest BCUT2D eigenvalue weighted by Crippen LogP contribution is 2.48. The molecule has 3 aliphatic heterocycles. The van der Waals surface area contributed by atoms with Crippen LogP contribution in [0, 0.1) is 17.8 Å². The number of aromatic nitrogens is 1. The van der Waals surface area contributed by atoms with Crippen molar-refractivity contribution >= 4 is 44.6 Å². The number of sulfonamides is 1. The molecule has 17 heteroatoms. The van der Waals surface area contributed by atoms with Gasteiger partial charge in [-0.05, 0) is 89.3 Å². The maximum absolute atomic E-state index is 14.8. The molecular formula is C40H52FN5O10S. The number of alkyl carbamates (subject to hydrolysis) is 1. The summed E-state index contributed by atoms with van der Waals surface area (Å²) in [5.74, 6) is -1.65. The summed E-state index contributed by atoms with van der Waals surface area (Å²) in [7, 11) is -4.39. The fourth-order valence-corrected chi connectivity index (χ4v) is 9.60. The van der Waals surface area contributed by atoms with Gasteiger partial charge in [-0.25, -0.2) is 22.6 Å². The van der Waals surface area contributed by atoms with Crippen LogP contribution >= 0.6 is 0 Å². The number of nitrogens with zero attached hydrogens (tertiary/aromatic N) is 2. The van der Waals surface area contributed by atoms with Crippen LogP contribution in [-0.2, 0) is 29.1 Å². The maximum Gasteiger partial charge on any atom is 0.408 e. The summed E-state index contributed by atoms with van der Waals surface area (Å²) in [6, 6.07) is 3.05. The van der Waals surface area contributed by atoms with E-state index in [1.165, 1.54) is 4.90 Å². The molecule has 1 aromatic carbocycles. The topological polar surface area (TPSA) is 192 Å². The Morgan fingerprint density at radius 3 is 2.56 bits per heavy atom. The van der Waals surface area contributed by atoms with Gasteiger partial charge in [0, 0.05) is 29.3 Å². The SMILES string of the molecule is C[C@H]1CC/C=C\C2C[C@@]2(C(=O)NS(=O)(=O)C2(CF)CC2)NC(=O)[C@@H]2C[C@@H](Oc3nccc4c5c(ccc34)OCCO5)CN2C(=O)[C@@H](NC(=O)OC(C)(C)C)[C@H](C)C1. The Balaban J connectivity index is 1.22. The van der Waals surface area contributed by atoms with Crippen LogP contribution in [0.4, 0.5) is 9.18 Å². The minimum Gasteiger partial charge on any atom is -0.486 e. The van der Waals surface area contributed by atoms with Crippen LogP contribution in [0.5, 0.6) is 17.4 Å². The molecule has 3 N–H and O–H groups in total. The Hall–Kier alpha value is -4.67. The highest BCUT2D eigenvalue weighted by Gasteiger charge is 2.64. The molecule has 4 amide bonds. The number of ether oxygens (including phenoxy) is 4. The quantitative estimate of drug-likeness (QED) is 0.342. The van der Waals surface area contributed by atoms with Crippen LogP contribution in [-0.4, -0.2) is 103 Å². The van der Waals surface area contributed by atoms with Crippen molar-refractivity contribution in [3.8, 4) is 17.4 Å². The molecule has 2 aromatic rings. The van der Waals surface area contributed by atoms with Crippen LogP contribution in [0.25, 0.3) is 10.8 Å². The first kappa shape index (κ1) is 40.5. The molecule has 7 rings (SSSR count). The van der Waals surface area contributed by atoms with Crippen molar-refractivity contribution in [2.75, 3.05) is 26.4 Å². The number of hydrogen-bond acceptors (Lipinski definition) is 11. The van der Waals surface area contributed by atoms with Gasteiger partial charge in [-0.3, -0.25) is 19.1 Å². The summed E-state index contributed by atoms with van der Waals surface area (Å²) < 4.78 is 64.4. The number of rotatable bonds is 7. The Bertz CT molecular complexity index is 2070. The number of nitrogens with one attached hydrogen (secondary N) is 3. The van der Waals surface area contributed by atoms with Gasteiger partial charge in [0.25, 0.3) is 5.91 Å². The number of carbonyl (C=O) groups is 4. The van der Waals surface area contributed by atoms with Crippen molar-refractivity contribution in [2.45, 2.75) is 114 Å². The Labute approximate surface area is 331 Å². The van der Waals surface area contributed by atoms with Crippen LogP contribution in [0.15, 0.2) is 36.5 Å². The van der Waals surface area contributed by atoms with Gasteiger partial charge in [-0.1, -0.05) is 26.0 Å². The van der Waals surface area contributed by atoms with Crippen LogP contribution in [0.1, 0.15) is 79.6 Å². The van der Waals surface area contributed by atoms with Gasteiger partial charge in [-0.2, -0.15) is 0 Å². The van der Waals surface area contributed by atoms with Crippen molar-refractivity contribution in [3.05, 3.63) is 36.5 Å². The van der Waals surface area contributed by atoms with Gasteiger partial charge < -0.3 is 34.5 Å². The zero-order chi connectivity index (χ0) is 40.9. The fraction of sp³-hybridized carbons (Fsp3) is 0.625. The van der Waals surface area contributed by atoms with Gasteiger partial charge >= 0.3 is 6.09 Å². The molecule has 3 fully saturated rings. The number of pyridine rings is 1. The van der Waals surface area contributed by atoms with Gasteiger partial charge in [0.15, 0.2) is 11.5 Å². The zero-order valence-electron chi connectivity index (χ0n) is 33.0. The molecule has 7 atom stereocenters. The Morgan fingerprint density at radius 1 is 1.09 bits per heavy atom. The summed E-state index contributed by atoms with van der Waals surface area (Å²) >= 11 is 0. The molecular weight excluding hydrogens is 762 g/mol. The predicted octanol–water partition coefficient (Wildman–Crippen LogP) is 4.08. The Morgan fingerprint density at radius 2 is 1.84 bits per heavy atom. The predicted molar refractivity (Wildman–Crippen MR) is 206 cm³/mol. The second-order valence-corrected chi connectivity index (χ2v) is 19.3. The summed E-state index contributed by atoms with van der Waals surface area (Å²) in [6.45, 7) is 8.64. The number of hydrogen-bond donors (Lipinski definition) is 3. The first-order chi connectivity index (χ1) is 27.0. The molecule has 57 heavy (non-hydrogen) atoms. The van der Waals surface area contributed by atoms with E-state index in [2.05, 4.69) is 27.3 Å². The monoisotopic (exact) mass is 813 g/mol. The molecule has 0 spiro atoms. The van der Waals surface area contributed by atoms with Gasteiger partial charge in [-0.15, -0.1) is 0 Å². The normalized spacial score (nSPS) is 30.4. The number of carbonyl (C=O) groups excluding carboxylic acids is 4. The van der Waals surface area contributed by atoms with E-state index in [9.17, 15) is 32.0 Å². The van der Waals surface area contributed by atoms with E-state index in [1.54, 1.807) is 51.2 Å². The Kier molecular flexibility index (Phi) is 10.8. The molecule has 4 heterocycles. The molecule has 310 valence electrons. The lowest BCUT2D eigenvalue weighted by atomic mass is 9.88. The average Bonchev–Trinajstić information content (AvgIpc) is 4.06. The molecule has 2 saturated carbocycles. The lowest BCUT2D eigenvalue weighted by Gasteiger charge is -2.33. The molecule has 15 nitrogen and oxygen atoms in total. The van der Waals surface area contributed by atoms with Gasteiger partial charge in [0.05, 0.1) is 6.54 Å². The summed E-state index contributed by atoms with van der Waals surface area (Å²) in [5.41, 5.74) is -2.51. The minimum absolute atomic E-state index is 0.0222. The summed E-state index contributed by atoms with van der Waals surface area (Å²) in [5, 5.41) is 6.95. The molecule has 0 radical (unpaired) electrons. The minimum atomic E-state index is -4.39. The van der Waals surface area contributed by atoms with Gasteiger partial charge in [0.2, 0.25) is 27.7 Å². The summed E-state index contributed by atoms with van der Waals surface area (Å²) in [4.78, 5) is 62.3. The number of allylic oxidation sites excluding steroid dienone is 1. The van der Waals surface area contributed by atoms with Crippen LogP contribution in [0.2, 0.25) is 0 Å². The molecule has 1 saturated heterocycles. The second kappa shape index (κ2) is 15.3. The molecule has 0 bridgehead atoms. The van der Waals surface area contributed by atoms with E-state index >= 15 is 0 Å². The van der Waals surface area contributed by atoms with E-state index in [0.717, 1.165) is 6.42 Å². The first-order valence-corrected chi connectivity index (χ1v) is 21.2. The largest absolute Gasteiger partial charge is 0.486 e. The number of halogens is 1. The summed E-state index contributed by atoms with van der Waals surface area (Å²) in [6.07, 6.45) is 5.87. The van der Waals surface area contributed by atoms with E-state index in [1.807, 2.05) is 13.0 Å². The smallest absolute Gasteiger partial charge is 0.408 e. The average molecular weight is 814 g/mol. The molecule has 1 aromatic heterocycles. The first-order valence-electron chi connectivity index (χ1n) is 19.7. The highest BCUT2D eigenvalue weighted by atomic mass is 32.2. The highest BCUT2D eigenvalue weighted by molar-refractivity contribution is 7.91. The number of benzene rings is 1. The molecule has 2 aliphatic carbocycles. The van der Waals surface area contributed by atoms with Crippen LogP contribution < -0.4 is 29.6 Å². The van der Waals surface area contributed by atoms with Crippen molar-refractivity contribution in [1.29, 1.82) is 0 Å². The van der Waals surface area contributed by atoms with Crippen molar-refractivity contribution < 1.29 is 50.9 Å². The lowest BCUT2D eigenvalue weighted by molar-refractivity contribution is -0.142. The molecule has 5 aliphatic rings.